The number of epoxide rings is 2. The fourth-order valence-electron chi connectivity index (χ4n) is 3.93. The molecule has 0 amide bonds. The Morgan fingerprint density at radius 3 is 1.42 bits per heavy atom. The van der Waals surface area contributed by atoms with Gasteiger partial charge < -0.3 is 23.4 Å². The van der Waals surface area contributed by atoms with E-state index in [0.717, 1.165) is 57.8 Å². The average Bonchev–Trinajstić information content (AvgIpc) is 3.59. The molecule has 0 radical (unpaired) electrons. The summed E-state index contributed by atoms with van der Waals surface area (Å²) in [6.07, 6.45) is 0.423. The van der Waals surface area contributed by atoms with E-state index in [0.29, 0.717) is 13.2 Å². The topological polar surface area (TPSA) is 56.7 Å². The molecule has 3 heterocycles. The minimum atomic E-state index is -0.0674. The maximum absolute atomic E-state index is 6.35. The predicted molar refractivity (Wildman–Crippen MR) is 122 cm³/mol. The second-order valence-electron chi connectivity index (χ2n) is 10.8. The van der Waals surface area contributed by atoms with Crippen LogP contribution in [0.2, 0.25) is 0 Å². The van der Waals surface area contributed by atoms with E-state index in [4.69, 9.17) is 23.4 Å². The number of hydrogen-bond acceptors (Lipinski definition) is 5. The van der Waals surface area contributed by atoms with Crippen molar-refractivity contribution in [3.63, 3.8) is 0 Å². The summed E-state index contributed by atoms with van der Waals surface area (Å²) in [5.74, 6) is 1.79. The second kappa shape index (κ2) is 7.14. The summed E-state index contributed by atoms with van der Waals surface area (Å²) in [6, 6.07) is 8.50. The molecule has 5 rings (SSSR count). The van der Waals surface area contributed by atoms with Gasteiger partial charge in [0.25, 0.3) is 0 Å². The first-order chi connectivity index (χ1) is 14.6. The molecule has 5 heteroatoms. The molecule has 0 N–H and O–H groups in total. The molecule has 2 aromatic carbocycles. The van der Waals surface area contributed by atoms with E-state index in [1.807, 2.05) is 0 Å². The van der Waals surface area contributed by atoms with Crippen molar-refractivity contribution in [2.75, 3.05) is 26.4 Å². The van der Waals surface area contributed by atoms with Crippen molar-refractivity contribution < 1.29 is 23.4 Å². The lowest BCUT2D eigenvalue weighted by Crippen LogP contribution is -2.15. The normalized spacial score (nSPS) is 21.0. The molecule has 0 aliphatic carbocycles. The van der Waals surface area contributed by atoms with Crippen LogP contribution < -0.4 is 9.47 Å². The highest BCUT2D eigenvalue weighted by Gasteiger charge is 2.29. The van der Waals surface area contributed by atoms with E-state index in [2.05, 4.69) is 65.8 Å². The third-order valence-corrected chi connectivity index (χ3v) is 5.94. The summed E-state index contributed by atoms with van der Waals surface area (Å²) in [5.41, 5.74) is 3.88. The summed E-state index contributed by atoms with van der Waals surface area (Å²) in [4.78, 5) is 0. The first-order valence-electron chi connectivity index (χ1n) is 11.1. The highest BCUT2D eigenvalue weighted by Crippen LogP contribution is 2.43. The van der Waals surface area contributed by atoms with Crippen LogP contribution in [-0.2, 0) is 20.3 Å². The molecular weight excluding hydrogens is 392 g/mol. The van der Waals surface area contributed by atoms with Gasteiger partial charge in [-0.3, -0.25) is 0 Å². The van der Waals surface area contributed by atoms with E-state index in [1.165, 1.54) is 0 Å². The molecule has 2 unspecified atom stereocenters. The SMILES string of the molecule is CC(C)(C)c1cc2oc3cc(C(C)(C)C)c(OCC4CO4)cc3c2cc1OCC1CO1. The lowest BCUT2D eigenvalue weighted by atomic mass is 9.85. The summed E-state index contributed by atoms with van der Waals surface area (Å²) < 4.78 is 29.4. The molecule has 2 fully saturated rings. The Morgan fingerprint density at radius 2 is 1.10 bits per heavy atom. The summed E-state index contributed by atoms with van der Waals surface area (Å²) >= 11 is 0. The number of rotatable bonds is 6. The van der Waals surface area contributed by atoms with Crippen molar-refractivity contribution in [1.29, 1.82) is 0 Å². The van der Waals surface area contributed by atoms with Gasteiger partial charge in [0.15, 0.2) is 0 Å². The fraction of sp³-hybridized carbons (Fsp3) is 0.538. The van der Waals surface area contributed by atoms with Crippen LogP contribution in [0.4, 0.5) is 0 Å². The van der Waals surface area contributed by atoms with Gasteiger partial charge >= 0.3 is 0 Å². The third-order valence-electron chi connectivity index (χ3n) is 5.94. The van der Waals surface area contributed by atoms with E-state index in [1.54, 1.807) is 0 Å². The molecule has 31 heavy (non-hydrogen) atoms. The van der Waals surface area contributed by atoms with Crippen LogP contribution in [0.3, 0.4) is 0 Å². The van der Waals surface area contributed by atoms with Crippen LogP contribution in [0.25, 0.3) is 21.9 Å². The van der Waals surface area contributed by atoms with Crippen LogP contribution in [0.15, 0.2) is 28.7 Å². The number of hydrogen-bond donors (Lipinski definition) is 0. The first-order valence-corrected chi connectivity index (χ1v) is 11.1. The van der Waals surface area contributed by atoms with Crippen LogP contribution in [-0.4, -0.2) is 38.6 Å². The van der Waals surface area contributed by atoms with Crippen LogP contribution in [0, 0.1) is 0 Å². The summed E-state index contributed by atoms with van der Waals surface area (Å²) in [6.45, 7) is 15.9. The molecule has 0 spiro atoms. The predicted octanol–water partition coefficient (Wildman–Crippen LogP) is 5.74. The van der Waals surface area contributed by atoms with Crippen LogP contribution >= 0.6 is 0 Å². The zero-order valence-corrected chi connectivity index (χ0v) is 19.3. The standard InChI is InChI=1S/C26H32O5/c1-25(2,3)19-9-21-17(7-23(19)29-13-15-11-27-15)18-8-24(30-14-16-12-28-16)20(26(4,5)6)10-22(18)31-21/h7-10,15-16H,11-14H2,1-6H3. The van der Waals surface area contributed by atoms with Gasteiger partial charge in [-0.05, 0) is 35.1 Å². The molecule has 0 bridgehead atoms. The van der Waals surface area contributed by atoms with Gasteiger partial charge in [0.1, 0.15) is 48.1 Å². The van der Waals surface area contributed by atoms with Gasteiger partial charge in [-0.25, -0.2) is 0 Å². The number of furan rings is 1. The van der Waals surface area contributed by atoms with Crippen molar-refractivity contribution in [3.8, 4) is 11.5 Å². The Kier molecular flexibility index (Phi) is 4.76. The van der Waals surface area contributed by atoms with Gasteiger partial charge in [0.05, 0.1) is 13.2 Å². The molecule has 1 aromatic heterocycles. The van der Waals surface area contributed by atoms with Crippen molar-refractivity contribution >= 4 is 21.9 Å². The van der Waals surface area contributed by atoms with E-state index in [9.17, 15) is 0 Å². The fourth-order valence-corrected chi connectivity index (χ4v) is 3.93. The highest BCUT2D eigenvalue weighted by molar-refractivity contribution is 6.06. The van der Waals surface area contributed by atoms with Gasteiger partial charge in [-0.15, -0.1) is 0 Å². The molecular formula is C26H32O5. The maximum Gasteiger partial charge on any atom is 0.135 e. The zero-order valence-electron chi connectivity index (χ0n) is 19.3. The Hall–Kier alpha value is -2.24. The van der Waals surface area contributed by atoms with E-state index in [-0.39, 0.29) is 23.0 Å². The van der Waals surface area contributed by atoms with Crippen molar-refractivity contribution in [1.82, 2.24) is 0 Å². The second-order valence-corrected chi connectivity index (χ2v) is 10.8. The molecule has 166 valence electrons. The van der Waals surface area contributed by atoms with Crippen LogP contribution in [0.1, 0.15) is 52.7 Å². The average molecular weight is 425 g/mol. The van der Waals surface area contributed by atoms with Crippen molar-refractivity contribution in [3.05, 3.63) is 35.4 Å². The minimum Gasteiger partial charge on any atom is -0.490 e. The molecule has 2 aliphatic rings. The smallest absolute Gasteiger partial charge is 0.135 e. The zero-order chi connectivity index (χ0) is 22.0. The summed E-state index contributed by atoms with van der Waals surface area (Å²) in [5, 5.41) is 2.09. The third kappa shape index (κ3) is 4.26. The summed E-state index contributed by atoms with van der Waals surface area (Å²) in [7, 11) is 0. The van der Waals surface area contributed by atoms with E-state index >= 15 is 0 Å². The van der Waals surface area contributed by atoms with Crippen LogP contribution in [0.5, 0.6) is 11.5 Å². The number of benzene rings is 2. The lowest BCUT2D eigenvalue weighted by Gasteiger charge is -2.23. The van der Waals surface area contributed by atoms with Crippen molar-refractivity contribution in [2.45, 2.75) is 64.6 Å². The monoisotopic (exact) mass is 424 g/mol. The van der Waals surface area contributed by atoms with E-state index < -0.39 is 0 Å². The first kappa shape index (κ1) is 20.7. The Balaban J connectivity index is 1.64. The lowest BCUT2D eigenvalue weighted by molar-refractivity contribution is 0.258. The molecule has 3 aromatic rings. The maximum atomic E-state index is 6.35. The van der Waals surface area contributed by atoms with Gasteiger partial charge in [0, 0.05) is 21.9 Å². The quantitative estimate of drug-likeness (QED) is 0.473. The Labute approximate surface area is 183 Å². The number of fused-ring (bicyclic) bond motifs is 3. The largest absolute Gasteiger partial charge is 0.490 e. The molecule has 2 atom stereocenters. The van der Waals surface area contributed by atoms with Gasteiger partial charge in [0.2, 0.25) is 0 Å². The van der Waals surface area contributed by atoms with Crippen molar-refractivity contribution in [2.24, 2.45) is 0 Å². The molecule has 0 saturated carbocycles. The highest BCUT2D eigenvalue weighted by atomic mass is 16.6. The Morgan fingerprint density at radius 1 is 0.710 bits per heavy atom. The Bertz CT molecular complexity index is 1030. The molecule has 2 saturated heterocycles. The number of ether oxygens (including phenoxy) is 4. The molecule has 5 nitrogen and oxygen atoms in total. The van der Waals surface area contributed by atoms with Gasteiger partial charge in [-0.2, -0.15) is 0 Å². The molecule has 2 aliphatic heterocycles. The van der Waals surface area contributed by atoms with Gasteiger partial charge in [-0.1, -0.05) is 41.5 Å². The minimum absolute atomic E-state index is 0.0674.